The molecule has 0 unspecified atom stereocenters. The highest BCUT2D eigenvalue weighted by atomic mass is 32.2. The number of aryl methyl sites for hydroxylation is 2. The molecule has 1 aromatic carbocycles. The molecule has 5 atom stereocenters. The van der Waals surface area contributed by atoms with E-state index < -0.39 is 68.9 Å². The van der Waals surface area contributed by atoms with E-state index in [0.29, 0.717) is 23.9 Å². The molecule has 59 heavy (non-hydrogen) atoms. The summed E-state index contributed by atoms with van der Waals surface area (Å²) in [5.74, 6) is -4.21. The third kappa shape index (κ3) is 9.66. The summed E-state index contributed by atoms with van der Waals surface area (Å²) in [5.41, 5.74) is 0.706. The molecular formula is C40H47F3N6O8S2. The van der Waals surface area contributed by atoms with Crippen LogP contribution in [-0.4, -0.2) is 93.8 Å². The number of thiazole rings is 1. The van der Waals surface area contributed by atoms with Crippen molar-refractivity contribution in [3.8, 4) is 5.88 Å². The number of aliphatic carboxylic acids is 1. The maximum absolute atomic E-state index is 14.9. The van der Waals surface area contributed by atoms with Crippen LogP contribution >= 0.6 is 11.3 Å². The molecule has 19 heteroatoms. The maximum atomic E-state index is 14.9. The number of benzene rings is 1. The van der Waals surface area contributed by atoms with Crippen molar-refractivity contribution in [2.75, 3.05) is 11.9 Å². The molecule has 318 valence electrons. The van der Waals surface area contributed by atoms with Crippen LogP contribution in [0.3, 0.4) is 0 Å². The van der Waals surface area contributed by atoms with Gasteiger partial charge in [0.2, 0.25) is 27.7 Å². The van der Waals surface area contributed by atoms with Crippen LogP contribution in [0, 0.1) is 11.8 Å². The number of ether oxygens (including phenoxy) is 1. The van der Waals surface area contributed by atoms with Gasteiger partial charge in [-0.1, -0.05) is 37.5 Å². The lowest BCUT2D eigenvalue weighted by Crippen LogP contribution is -2.58. The first kappa shape index (κ1) is 42.3. The molecule has 6 bridgehead atoms. The van der Waals surface area contributed by atoms with E-state index in [4.69, 9.17) is 19.6 Å². The van der Waals surface area contributed by atoms with E-state index in [1.54, 1.807) is 17.2 Å². The Labute approximate surface area is 343 Å². The molecule has 4 N–H and O–H groups in total. The zero-order valence-corrected chi connectivity index (χ0v) is 33.8. The molecule has 5 aliphatic rings. The first-order valence-electron chi connectivity index (χ1n) is 19.9. The average Bonchev–Trinajstić information content (AvgIpc) is 4.10. The quantitative estimate of drug-likeness (QED) is 0.226. The summed E-state index contributed by atoms with van der Waals surface area (Å²) < 4.78 is 66.1. The van der Waals surface area contributed by atoms with Gasteiger partial charge in [0, 0.05) is 29.3 Å². The number of carbonyl (C=O) groups is 4. The van der Waals surface area contributed by atoms with Gasteiger partial charge in [0.15, 0.2) is 5.13 Å². The molecule has 0 radical (unpaired) electrons. The second-order valence-corrected chi connectivity index (χ2v) is 18.8. The Morgan fingerprint density at radius 2 is 1.80 bits per heavy atom. The molecule has 4 fully saturated rings. The van der Waals surface area contributed by atoms with Crippen LogP contribution in [0.25, 0.3) is 10.8 Å². The number of carbonyl (C=O) groups excluding carboxylic acids is 3. The van der Waals surface area contributed by atoms with Gasteiger partial charge in [-0.05, 0) is 86.8 Å². The third-order valence-electron chi connectivity index (χ3n) is 11.8. The molecule has 14 nitrogen and oxygen atoms in total. The first-order chi connectivity index (χ1) is 28.1. The molecule has 3 aliphatic carbocycles. The number of halogens is 3. The number of hydrogen-bond acceptors (Lipinski definition) is 11. The van der Waals surface area contributed by atoms with Crippen LogP contribution in [0.1, 0.15) is 81.9 Å². The van der Waals surface area contributed by atoms with Crippen molar-refractivity contribution in [1.82, 2.24) is 24.9 Å². The molecule has 2 aliphatic heterocycles. The van der Waals surface area contributed by atoms with Crippen LogP contribution in [0.4, 0.5) is 18.3 Å². The van der Waals surface area contributed by atoms with E-state index in [9.17, 15) is 36.0 Å². The van der Waals surface area contributed by atoms with Gasteiger partial charge in [-0.25, -0.2) is 23.2 Å². The van der Waals surface area contributed by atoms with Crippen molar-refractivity contribution in [3.63, 3.8) is 0 Å². The van der Waals surface area contributed by atoms with E-state index in [2.05, 4.69) is 50.5 Å². The number of anilines is 1. The second-order valence-electron chi connectivity index (χ2n) is 16.0. The van der Waals surface area contributed by atoms with Gasteiger partial charge in [0.05, 0.1) is 17.5 Å². The summed E-state index contributed by atoms with van der Waals surface area (Å²) in [6, 6.07) is 6.69. The van der Waals surface area contributed by atoms with Crippen LogP contribution in [0.2, 0.25) is 0 Å². The van der Waals surface area contributed by atoms with Gasteiger partial charge < -0.3 is 25.4 Å². The van der Waals surface area contributed by atoms with Gasteiger partial charge >= 0.3 is 12.1 Å². The number of carboxylic acid groups (broad SMARTS) is 1. The molecule has 3 amide bonds. The van der Waals surface area contributed by atoms with E-state index in [1.165, 1.54) is 16.9 Å². The minimum Gasteiger partial charge on any atom is -0.475 e. The normalized spacial score (nSPS) is 26.3. The number of hydrogen-bond donors (Lipinski definition) is 4. The van der Waals surface area contributed by atoms with Crippen LogP contribution in [0.15, 0.2) is 48.5 Å². The Kier molecular flexibility index (Phi) is 12.2. The highest BCUT2D eigenvalue weighted by Crippen LogP contribution is 2.46. The van der Waals surface area contributed by atoms with Crippen molar-refractivity contribution in [1.29, 1.82) is 0 Å². The number of sulfonamides is 1. The van der Waals surface area contributed by atoms with E-state index >= 15 is 0 Å². The molecule has 1 saturated heterocycles. The number of rotatable bonds is 7. The molecule has 2 aromatic heterocycles. The largest absolute Gasteiger partial charge is 0.490 e. The number of nitrogens with zero attached hydrogens (tertiary/aromatic N) is 3. The van der Waals surface area contributed by atoms with E-state index in [-0.39, 0.29) is 31.2 Å². The Bertz CT molecular complexity index is 2210. The fraction of sp³-hybridized carbons (Fsp3) is 0.550. The van der Waals surface area contributed by atoms with E-state index in [1.807, 2.05) is 6.07 Å². The Balaban J connectivity index is 0.000000694. The molecule has 4 heterocycles. The number of amides is 3. The maximum Gasteiger partial charge on any atom is 0.490 e. The fourth-order valence-corrected chi connectivity index (χ4v) is 10.4. The minimum absolute atomic E-state index is 0.0550. The standard InChI is InChI=1S/C38H46N6O6S2.C2HF3O2/c1-2-26-20-38(26,36(47)43-52(48,49)29-14-15-29)42-33(45)31-19-28-21-44(31)35(46)32(25-9-4-3-5-10-25)41-37-40-27(22-51-37)11-7-6-8-23-12-13-24-16-17-39-34(50-28)30(24)18-23;3-2(4,5)1(6)7/h2,12-13,16-18,22,25-26,28-29,31-32H,1,3-11,14-15,19-21H2,(H,40,41)(H,42,45)(H,43,47);(H,6,7)/t26-,28-,31+,32+,38-;/m1./s1. The van der Waals surface area contributed by atoms with Gasteiger partial charge in [-0.2, -0.15) is 13.2 Å². The summed E-state index contributed by atoms with van der Waals surface area (Å²) in [7, 11) is -3.85. The van der Waals surface area contributed by atoms with Gasteiger partial charge in [-0.15, -0.1) is 17.9 Å². The van der Waals surface area contributed by atoms with Crippen molar-refractivity contribution in [2.24, 2.45) is 11.8 Å². The van der Waals surface area contributed by atoms with Crippen LogP contribution in [-0.2, 0) is 42.0 Å². The van der Waals surface area contributed by atoms with Crippen molar-refractivity contribution < 1.29 is 50.6 Å². The smallest absolute Gasteiger partial charge is 0.475 e. The predicted octanol–water partition coefficient (Wildman–Crippen LogP) is 5.28. The fourth-order valence-electron chi connectivity index (χ4n) is 8.27. The number of pyridine rings is 1. The van der Waals surface area contributed by atoms with Gasteiger partial charge in [-0.3, -0.25) is 19.1 Å². The zero-order valence-electron chi connectivity index (χ0n) is 32.2. The summed E-state index contributed by atoms with van der Waals surface area (Å²) in [5, 5.41) is 17.6. The number of alkyl halides is 3. The van der Waals surface area contributed by atoms with Gasteiger partial charge in [0.1, 0.15) is 23.7 Å². The number of carboxylic acids is 1. The average molecular weight is 861 g/mol. The monoisotopic (exact) mass is 860 g/mol. The molecule has 3 saturated carbocycles. The van der Waals surface area contributed by atoms with Crippen molar-refractivity contribution >= 4 is 61.0 Å². The number of aromatic nitrogens is 2. The highest BCUT2D eigenvalue weighted by Gasteiger charge is 2.62. The summed E-state index contributed by atoms with van der Waals surface area (Å²) in [6.07, 6.45) is 7.66. The molecule has 0 spiro atoms. The lowest BCUT2D eigenvalue weighted by atomic mass is 9.83. The lowest BCUT2D eigenvalue weighted by Gasteiger charge is -2.34. The van der Waals surface area contributed by atoms with E-state index in [0.717, 1.165) is 74.3 Å². The topological polar surface area (TPSA) is 197 Å². The first-order valence-corrected chi connectivity index (χ1v) is 22.4. The Morgan fingerprint density at radius 3 is 2.47 bits per heavy atom. The predicted molar refractivity (Wildman–Crippen MR) is 212 cm³/mol. The van der Waals surface area contributed by atoms with Crippen LogP contribution < -0.4 is 20.1 Å². The molecular weight excluding hydrogens is 814 g/mol. The summed E-state index contributed by atoms with van der Waals surface area (Å²) in [4.78, 5) is 62.8. The minimum atomic E-state index is -5.08. The van der Waals surface area contributed by atoms with Crippen LogP contribution in [0.5, 0.6) is 5.88 Å². The summed E-state index contributed by atoms with van der Waals surface area (Å²) >= 11 is 1.50. The number of fused-ring (bicyclic) bond motifs is 5. The van der Waals surface area contributed by atoms with Gasteiger partial charge in [0.25, 0.3) is 5.91 Å². The Morgan fingerprint density at radius 1 is 1.07 bits per heavy atom. The SMILES string of the molecule is C=C[C@@H]1C[C@]1(NC(=O)[C@@H]1C[C@@H]2CN1C(=O)[C@H](C1CCCCC1)Nc1nc(cs1)CCCCc1ccc3ccnc(c3c1)O2)C(=O)NS(=O)(=O)C1CC1.O=C(O)C(F)(F)F. The van der Waals surface area contributed by atoms with Crippen molar-refractivity contribution in [2.45, 2.75) is 119 Å². The lowest BCUT2D eigenvalue weighted by molar-refractivity contribution is -0.192. The van der Waals surface area contributed by atoms with Crippen molar-refractivity contribution in [3.05, 3.63) is 59.8 Å². The zero-order chi connectivity index (χ0) is 42.1. The number of nitrogens with one attached hydrogen (secondary N) is 3. The second kappa shape index (κ2) is 17.1. The molecule has 8 rings (SSSR count). The third-order valence-corrected chi connectivity index (χ3v) is 14.4. The highest BCUT2D eigenvalue weighted by molar-refractivity contribution is 7.91. The summed E-state index contributed by atoms with van der Waals surface area (Å²) in [6.45, 7) is 3.97. The Hall–Kier alpha value is -4.78. The molecule has 3 aromatic rings.